The first-order valence-electron chi connectivity index (χ1n) is 22.4. The van der Waals surface area contributed by atoms with Crippen molar-refractivity contribution in [2.75, 3.05) is 17.2 Å². The van der Waals surface area contributed by atoms with Crippen LogP contribution in [0.25, 0.3) is 0 Å². The van der Waals surface area contributed by atoms with Gasteiger partial charge >= 0.3 is 0 Å². The third-order valence-corrected chi connectivity index (χ3v) is 15.1. The molecule has 3 fully saturated rings. The number of piperidine rings is 1. The average molecular weight is 922 g/mol. The molecular weight excluding hydrogens is 870 g/mol. The van der Waals surface area contributed by atoms with Gasteiger partial charge in [0.05, 0.1) is 11.1 Å². The molecule has 0 radical (unpaired) electrons. The lowest BCUT2D eigenvalue weighted by molar-refractivity contribution is -0.137. The number of fused-ring (bicyclic) bond motifs is 4. The van der Waals surface area contributed by atoms with E-state index in [2.05, 4.69) is 40.4 Å². The Balaban J connectivity index is 0.850. The van der Waals surface area contributed by atoms with Gasteiger partial charge in [0.15, 0.2) is 0 Å². The second kappa shape index (κ2) is 17.3. The van der Waals surface area contributed by atoms with Gasteiger partial charge in [-0.1, -0.05) is 73.8 Å². The number of carbonyl (C=O) groups is 6. The van der Waals surface area contributed by atoms with Crippen LogP contribution in [0.5, 0.6) is 0 Å². The second-order valence-corrected chi connectivity index (χ2v) is 19.8. The molecule has 15 heteroatoms. The lowest BCUT2D eigenvalue weighted by Crippen LogP contribution is -2.61. The normalized spacial score (nSPS) is 23.9. The first-order valence-corrected chi connectivity index (χ1v) is 23.2. The number of rotatable bonds is 11. The molecule has 1 unspecified atom stereocenters. The van der Waals surface area contributed by atoms with Crippen molar-refractivity contribution in [2.45, 2.75) is 114 Å². The third kappa shape index (κ3) is 7.89. The molecule has 1 saturated carbocycles. The van der Waals surface area contributed by atoms with E-state index < -0.39 is 46.6 Å². The van der Waals surface area contributed by atoms with E-state index in [1.807, 2.05) is 18.2 Å². The molecule has 4 aliphatic heterocycles. The van der Waals surface area contributed by atoms with E-state index in [0.717, 1.165) is 49.7 Å². The van der Waals surface area contributed by atoms with Crippen molar-refractivity contribution >= 4 is 70.0 Å². The monoisotopic (exact) mass is 920 g/mol. The van der Waals surface area contributed by atoms with Crippen molar-refractivity contribution in [1.29, 1.82) is 0 Å². The Kier molecular flexibility index (Phi) is 11.9. The van der Waals surface area contributed by atoms with Gasteiger partial charge in [0.1, 0.15) is 17.3 Å². The van der Waals surface area contributed by atoms with Crippen molar-refractivity contribution in [2.24, 2.45) is 5.41 Å². The summed E-state index contributed by atoms with van der Waals surface area (Å²) in [6.45, 7) is 5.17. The van der Waals surface area contributed by atoms with Crippen molar-refractivity contribution in [1.82, 2.24) is 20.9 Å². The van der Waals surface area contributed by atoms with Gasteiger partial charge in [-0.15, -0.1) is 0 Å². The number of unbranched alkanes of at least 4 members (excludes halogenated alkanes) is 2. The van der Waals surface area contributed by atoms with Gasteiger partial charge in [0.25, 0.3) is 11.8 Å². The van der Waals surface area contributed by atoms with Crippen molar-refractivity contribution in [3.63, 3.8) is 0 Å². The summed E-state index contributed by atoms with van der Waals surface area (Å²) in [7, 11) is 0. The fraction of sp³-hybridized carbons (Fsp3) is 0.400. The maximum Gasteiger partial charge on any atom is 0.255 e. The van der Waals surface area contributed by atoms with Crippen LogP contribution in [0, 0.1) is 11.2 Å². The molecule has 2 saturated heterocycles. The zero-order valence-electron chi connectivity index (χ0n) is 36.3. The van der Waals surface area contributed by atoms with Gasteiger partial charge in [-0.05, 0) is 128 Å². The number of benzene rings is 4. The zero-order chi connectivity index (χ0) is 45.8. The van der Waals surface area contributed by atoms with E-state index in [4.69, 9.17) is 23.2 Å². The fourth-order valence-electron chi connectivity index (χ4n) is 11.1. The van der Waals surface area contributed by atoms with E-state index in [1.165, 1.54) is 6.07 Å². The lowest BCUT2D eigenvalue weighted by atomic mass is 9.53. The van der Waals surface area contributed by atoms with Crippen molar-refractivity contribution in [3.8, 4) is 0 Å². The molecule has 4 heterocycles. The topological polar surface area (TPSA) is 166 Å². The summed E-state index contributed by atoms with van der Waals surface area (Å²) in [5.74, 6) is -3.67. The van der Waals surface area contributed by atoms with E-state index >= 15 is 4.39 Å². The molecule has 2 spiro atoms. The Morgan fingerprint density at radius 3 is 2.38 bits per heavy atom. The van der Waals surface area contributed by atoms with Crippen LogP contribution in [-0.2, 0) is 37.6 Å². The van der Waals surface area contributed by atoms with Gasteiger partial charge in [0, 0.05) is 58.5 Å². The standard InChI is InChI=1S/C50H51Cl2FN6O6/c1-48(2)21-23-49(24-22-48)50(35-18-15-30(51)26-37(35)56-47(50)65)40(33-11-7-12-36(52)41(33)53)42(58-49)45(63)55-31-16-13-29(14-17-31)43(61)54-25-5-3-4-8-28-9-6-10-32-34(28)27-59(46(32)64)38-19-20-39(60)57-44(38)62/h6-7,9-18,26,38,40,42,58H,3-5,8,19-25,27H2,1-2H3,(H,54,61)(H,55,63)(H,56,65)(H,57,60,62)/t38?,40-,42+,50+/m0/s1. The van der Waals surface area contributed by atoms with Crippen LogP contribution in [0.1, 0.15) is 121 Å². The van der Waals surface area contributed by atoms with Crippen LogP contribution < -0.4 is 26.6 Å². The highest BCUT2D eigenvalue weighted by molar-refractivity contribution is 6.31. The predicted molar refractivity (Wildman–Crippen MR) is 245 cm³/mol. The Labute approximate surface area is 386 Å². The van der Waals surface area contributed by atoms with Crippen molar-refractivity contribution in [3.05, 3.63) is 128 Å². The molecule has 65 heavy (non-hydrogen) atoms. The molecular formula is C50H51Cl2FN6O6. The molecule has 5 aliphatic rings. The van der Waals surface area contributed by atoms with E-state index in [0.29, 0.717) is 65.4 Å². The SMILES string of the molecule is CC1(C)CCC2(CC1)N[C@@H](C(=O)Nc1ccc(C(=O)NCCCCCc3cccc4c3CN(C3CCC(=O)NC3=O)C4=O)cc1)[C@H](c1cccc(Cl)c1F)[C@]21C(=O)Nc2cc(Cl)ccc21. The maximum atomic E-state index is 16.4. The van der Waals surface area contributed by atoms with Crippen LogP contribution in [0.4, 0.5) is 15.8 Å². The quantitative estimate of drug-likeness (QED) is 0.0753. The van der Waals surface area contributed by atoms with Crippen LogP contribution in [0.15, 0.2) is 78.9 Å². The van der Waals surface area contributed by atoms with Crippen LogP contribution in [0.2, 0.25) is 10.0 Å². The van der Waals surface area contributed by atoms with Crippen LogP contribution in [-0.4, -0.2) is 64.5 Å². The molecule has 338 valence electrons. The second-order valence-electron chi connectivity index (χ2n) is 18.9. The number of anilines is 2. The number of nitrogens with one attached hydrogen (secondary N) is 5. The summed E-state index contributed by atoms with van der Waals surface area (Å²) in [4.78, 5) is 81.5. The van der Waals surface area contributed by atoms with Crippen molar-refractivity contribution < 1.29 is 33.2 Å². The molecule has 1 aliphatic carbocycles. The Morgan fingerprint density at radius 1 is 0.877 bits per heavy atom. The third-order valence-electron chi connectivity index (χ3n) is 14.6. The predicted octanol–water partition coefficient (Wildman–Crippen LogP) is 7.96. The number of nitrogens with zero attached hydrogens (tertiary/aromatic N) is 1. The van der Waals surface area contributed by atoms with Gasteiger partial charge in [0.2, 0.25) is 23.6 Å². The zero-order valence-corrected chi connectivity index (χ0v) is 37.8. The number of carbonyl (C=O) groups excluding carboxylic acids is 6. The summed E-state index contributed by atoms with van der Waals surface area (Å²) in [5.41, 5.74) is 2.45. The molecule has 9 rings (SSSR count). The number of aryl methyl sites for hydroxylation is 1. The van der Waals surface area contributed by atoms with Gasteiger partial charge in [-0.25, -0.2) is 4.39 Å². The number of hydrogen-bond donors (Lipinski definition) is 5. The molecule has 4 atom stereocenters. The molecule has 0 aromatic heterocycles. The van der Waals surface area contributed by atoms with Gasteiger partial charge < -0.3 is 20.9 Å². The Bertz CT molecular complexity index is 2630. The Morgan fingerprint density at radius 2 is 1.63 bits per heavy atom. The summed E-state index contributed by atoms with van der Waals surface area (Å²) in [6.07, 6.45) is 6.31. The van der Waals surface area contributed by atoms with E-state index in [1.54, 1.807) is 59.5 Å². The van der Waals surface area contributed by atoms with E-state index in [-0.39, 0.29) is 46.1 Å². The smallest absolute Gasteiger partial charge is 0.255 e. The summed E-state index contributed by atoms with van der Waals surface area (Å²) >= 11 is 12.8. The van der Waals surface area contributed by atoms with Crippen LogP contribution >= 0.6 is 23.2 Å². The molecule has 4 aromatic rings. The molecule has 12 nitrogen and oxygen atoms in total. The van der Waals surface area contributed by atoms with Gasteiger partial charge in [-0.2, -0.15) is 0 Å². The maximum absolute atomic E-state index is 16.4. The minimum absolute atomic E-state index is 0.00374. The first kappa shape index (κ1) is 44.6. The summed E-state index contributed by atoms with van der Waals surface area (Å²) in [6, 6.07) is 20.4. The highest BCUT2D eigenvalue weighted by Gasteiger charge is 2.73. The first-order chi connectivity index (χ1) is 31.1. The van der Waals surface area contributed by atoms with Gasteiger partial charge in [-0.3, -0.25) is 39.4 Å². The lowest BCUT2D eigenvalue weighted by Gasteiger charge is -2.50. The number of imide groups is 1. The summed E-state index contributed by atoms with van der Waals surface area (Å²) in [5, 5.41) is 15.4. The molecule has 6 amide bonds. The summed E-state index contributed by atoms with van der Waals surface area (Å²) < 4.78 is 16.4. The fourth-order valence-corrected chi connectivity index (χ4v) is 11.5. The highest BCUT2D eigenvalue weighted by Crippen LogP contribution is 2.64. The van der Waals surface area contributed by atoms with Crippen LogP contribution in [0.3, 0.4) is 0 Å². The highest BCUT2D eigenvalue weighted by atomic mass is 35.5. The number of hydrogen-bond acceptors (Lipinski definition) is 7. The molecule has 5 N–H and O–H groups in total. The Hall–Kier alpha value is -5.63. The number of amides is 6. The number of halogens is 3. The average Bonchev–Trinajstić information content (AvgIpc) is 3.88. The molecule has 4 aromatic carbocycles. The largest absolute Gasteiger partial charge is 0.352 e. The van der Waals surface area contributed by atoms with E-state index in [9.17, 15) is 28.8 Å². The minimum atomic E-state index is -1.39. The minimum Gasteiger partial charge on any atom is -0.352 e. The molecule has 0 bridgehead atoms.